The van der Waals surface area contributed by atoms with E-state index in [0.29, 0.717) is 24.5 Å². The van der Waals surface area contributed by atoms with Crippen LogP contribution in [0.15, 0.2) is 18.2 Å². The number of anilines is 2. The Hall–Kier alpha value is -1.93. The van der Waals surface area contributed by atoms with Gasteiger partial charge in [-0.3, -0.25) is 10.2 Å². The topological polar surface area (TPSA) is 139 Å². The predicted molar refractivity (Wildman–Crippen MR) is 137 cm³/mol. The summed E-state index contributed by atoms with van der Waals surface area (Å²) in [7, 11) is 0. The molecule has 1 aliphatic carbocycles. The minimum atomic E-state index is -0.968. The van der Waals surface area contributed by atoms with Crippen LogP contribution in [0.4, 0.5) is 11.4 Å². The van der Waals surface area contributed by atoms with E-state index in [-0.39, 0.29) is 12.8 Å². The Morgan fingerprint density at radius 1 is 1.20 bits per heavy atom. The Bertz CT molecular complexity index is 913. The molecule has 7 N–H and O–H groups in total. The second-order valence-electron chi connectivity index (χ2n) is 11.2. The number of rotatable bonds is 10. The predicted octanol–water partition coefficient (Wildman–Crippen LogP) is 1.87. The van der Waals surface area contributed by atoms with Crippen molar-refractivity contribution in [3.05, 3.63) is 23.8 Å². The minimum absolute atomic E-state index is 0.189. The number of benzene rings is 1. The van der Waals surface area contributed by atoms with Crippen LogP contribution in [0.2, 0.25) is 0 Å². The third-order valence-corrected chi connectivity index (χ3v) is 7.96. The first-order chi connectivity index (χ1) is 16.6. The maximum Gasteiger partial charge on any atom is 0.138 e. The van der Waals surface area contributed by atoms with Crippen LogP contribution in [0.5, 0.6) is 0 Å². The van der Waals surface area contributed by atoms with Crippen molar-refractivity contribution in [2.24, 2.45) is 11.7 Å². The van der Waals surface area contributed by atoms with Crippen LogP contribution < -0.4 is 21.7 Å². The maximum atomic E-state index is 10.5. The molecule has 0 bridgehead atoms. The second kappa shape index (κ2) is 10.6. The fourth-order valence-corrected chi connectivity index (χ4v) is 5.58. The van der Waals surface area contributed by atoms with Crippen LogP contribution in [0.1, 0.15) is 58.9 Å². The first kappa shape index (κ1) is 26.1. The SMILES string of the molecule is CC(C)N(C[C@H]1O[C@@H](NCN)[C@H](O)[C@@H]1O)C1CC(CCC2Nc3ccc(C(C)(C)C#N)cc3N2)C1. The van der Waals surface area contributed by atoms with Crippen molar-refractivity contribution in [3.63, 3.8) is 0 Å². The lowest BCUT2D eigenvalue weighted by atomic mass is 9.76. The van der Waals surface area contributed by atoms with E-state index in [1.54, 1.807) is 0 Å². The molecule has 194 valence electrons. The van der Waals surface area contributed by atoms with Crippen LogP contribution in [0.25, 0.3) is 0 Å². The van der Waals surface area contributed by atoms with Gasteiger partial charge < -0.3 is 31.3 Å². The number of nitriles is 1. The van der Waals surface area contributed by atoms with Crippen molar-refractivity contribution >= 4 is 11.4 Å². The van der Waals surface area contributed by atoms with Gasteiger partial charge >= 0.3 is 0 Å². The van der Waals surface area contributed by atoms with Gasteiger partial charge in [0.25, 0.3) is 0 Å². The molecule has 2 fully saturated rings. The van der Waals surface area contributed by atoms with E-state index in [1.807, 2.05) is 19.9 Å². The van der Waals surface area contributed by atoms with E-state index in [2.05, 4.69) is 52.9 Å². The van der Waals surface area contributed by atoms with Gasteiger partial charge in [0.1, 0.15) is 24.5 Å². The van der Waals surface area contributed by atoms with E-state index in [4.69, 9.17) is 10.5 Å². The smallest absolute Gasteiger partial charge is 0.138 e. The fourth-order valence-electron chi connectivity index (χ4n) is 5.58. The Morgan fingerprint density at radius 2 is 1.91 bits per heavy atom. The highest BCUT2D eigenvalue weighted by atomic mass is 16.6. The first-order valence-electron chi connectivity index (χ1n) is 12.9. The van der Waals surface area contributed by atoms with Crippen molar-refractivity contribution in [3.8, 4) is 6.07 Å². The van der Waals surface area contributed by atoms with Crippen LogP contribution in [0, 0.1) is 17.2 Å². The minimum Gasteiger partial charge on any atom is -0.387 e. The quantitative estimate of drug-likeness (QED) is 0.274. The van der Waals surface area contributed by atoms with Gasteiger partial charge in [-0.25, -0.2) is 0 Å². The van der Waals surface area contributed by atoms with Gasteiger partial charge in [-0.1, -0.05) is 6.07 Å². The normalized spacial score (nSPS) is 32.2. The van der Waals surface area contributed by atoms with Crippen molar-refractivity contribution in [2.45, 2.75) is 102 Å². The van der Waals surface area contributed by atoms with Gasteiger partial charge in [-0.05, 0) is 77.0 Å². The molecular formula is C26H42N6O3. The third kappa shape index (κ3) is 5.58. The average Bonchev–Trinajstić information content (AvgIpc) is 3.32. The fraction of sp³-hybridized carbons (Fsp3) is 0.731. The van der Waals surface area contributed by atoms with Gasteiger partial charge in [0.05, 0.1) is 29.0 Å². The zero-order valence-electron chi connectivity index (χ0n) is 21.4. The molecule has 0 aromatic heterocycles. The van der Waals surface area contributed by atoms with Gasteiger partial charge in [0, 0.05) is 25.3 Å². The van der Waals surface area contributed by atoms with Gasteiger partial charge in [0.2, 0.25) is 0 Å². The molecular weight excluding hydrogens is 444 g/mol. The third-order valence-electron chi connectivity index (χ3n) is 7.96. The molecule has 1 aromatic carbocycles. The Kier molecular flexibility index (Phi) is 7.91. The number of aliphatic hydroxyl groups excluding tert-OH is 2. The zero-order valence-corrected chi connectivity index (χ0v) is 21.4. The number of aliphatic hydroxyl groups is 2. The number of nitrogens with one attached hydrogen (secondary N) is 3. The summed E-state index contributed by atoms with van der Waals surface area (Å²) >= 11 is 0. The van der Waals surface area contributed by atoms with E-state index in [0.717, 1.165) is 42.6 Å². The molecule has 1 saturated heterocycles. The molecule has 4 rings (SSSR count). The standard InChI is InChI=1S/C26H42N6O3/c1-15(2)32(12-21-23(33)24(34)25(35-21)29-14-28)18-9-16(10-18)5-8-22-30-19-7-6-17(11-20(19)31-22)26(3,4)13-27/h6-7,11,15-16,18,21-25,29-31,33-34H,5,8-10,12,14,28H2,1-4H3/t16?,18?,21-,22?,23-,24-,25-/m1/s1. The highest BCUT2D eigenvalue weighted by Crippen LogP contribution is 2.39. The van der Waals surface area contributed by atoms with Gasteiger partial charge in [-0.15, -0.1) is 0 Å². The number of fused-ring (bicyclic) bond motifs is 1. The molecule has 0 spiro atoms. The summed E-state index contributed by atoms with van der Waals surface area (Å²) < 4.78 is 5.87. The molecule has 2 aliphatic heterocycles. The average molecular weight is 487 g/mol. The molecule has 3 aliphatic rings. The van der Waals surface area contributed by atoms with Gasteiger partial charge in [-0.2, -0.15) is 5.26 Å². The molecule has 1 aromatic rings. The molecule has 0 radical (unpaired) electrons. The molecule has 9 heteroatoms. The summed E-state index contributed by atoms with van der Waals surface area (Å²) in [6.45, 7) is 9.02. The molecule has 2 heterocycles. The molecule has 35 heavy (non-hydrogen) atoms. The van der Waals surface area contributed by atoms with E-state index in [1.165, 1.54) is 0 Å². The number of ether oxygens (including phenoxy) is 1. The number of hydrogen-bond acceptors (Lipinski definition) is 9. The molecule has 1 saturated carbocycles. The molecule has 9 nitrogen and oxygen atoms in total. The van der Waals surface area contributed by atoms with Gasteiger partial charge in [0.15, 0.2) is 0 Å². The second-order valence-corrected chi connectivity index (χ2v) is 11.2. The Balaban J connectivity index is 1.24. The monoisotopic (exact) mass is 486 g/mol. The summed E-state index contributed by atoms with van der Waals surface area (Å²) in [5.41, 5.74) is 8.22. The van der Waals surface area contributed by atoms with Crippen molar-refractivity contribution < 1.29 is 14.9 Å². The molecule has 1 unspecified atom stereocenters. The lowest BCUT2D eigenvalue weighted by Crippen LogP contribution is -2.52. The summed E-state index contributed by atoms with van der Waals surface area (Å²) in [4.78, 5) is 2.41. The summed E-state index contributed by atoms with van der Waals surface area (Å²) in [6, 6.07) is 9.37. The van der Waals surface area contributed by atoms with Crippen LogP contribution in [-0.4, -0.2) is 71.1 Å². The lowest BCUT2D eigenvalue weighted by molar-refractivity contribution is -0.0495. The van der Waals surface area contributed by atoms with E-state index < -0.39 is 30.0 Å². The highest BCUT2D eigenvalue weighted by Gasteiger charge is 2.45. The summed E-state index contributed by atoms with van der Waals surface area (Å²) in [5, 5.41) is 40.2. The summed E-state index contributed by atoms with van der Waals surface area (Å²) in [5.74, 6) is 0.674. The lowest BCUT2D eigenvalue weighted by Gasteiger charge is -2.46. The van der Waals surface area contributed by atoms with Crippen molar-refractivity contribution in [1.29, 1.82) is 5.26 Å². The maximum absolute atomic E-state index is 10.5. The molecule has 0 amide bonds. The Morgan fingerprint density at radius 3 is 2.57 bits per heavy atom. The largest absolute Gasteiger partial charge is 0.387 e. The first-order valence-corrected chi connectivity index (χ1v) is 12.9. The van der Waals surface area contributed by atoms with E-state index in [9.17, 15) is 15.5 Å². The number of hydrogen-bond donors (Lipinski definition) is 6. The number of nitrogens with two attached hydrogens (primary N) is 1. The van der Waals surface area contributed by atoms with E-state index >= 15 is 0 Å². The number of nitrogens with zero attached hydrogens (tertiary/aromatic N) is 2. The van der Waals surface area contributed by atoms with Crippen molar-refractivity contribution in [1.82, 2.24) is 10.2 Å². The van der Waals surface area contributed by atoms with Crippen molar-refractivity contribution in [2.75, 3.05) is 23.8 Å². The summed E-state index contributed by atoms with van der Waals surface area (Å²) in [6.07, 6.45) is 1.71. The highest BCUT2D eigenvalue weighted by molar-refractivity contribution is 5.75. The zero-order chi connectivity index (χ0) is 25.3. The molecule has 5 atom stereocenters. The van der Waals surface area contributed by atoms with Crippen LogP contribution in [0.3, 0.4) is 0 Å². The Labute approximate surface area is 209 Å². The van der Waals surface area contributed by atoms with Crippen LogP contribution >= 0.6 is 0 Å². The van der Waals surface area contributed by atoms with Crippen LogP contribution in [-0.2, 0) is 10.2 Å².